The summed E-state index contributed by atoms with van der Waals surface area (Å²) in [7, 11) is 0. The minimum atomic E-state index is -0.423. The first-order valence-corrected chi connectivity index (χ1v) is 9.86. The van der Waals surface area contributed by atoms with Crippen molar-refractivity contribution in [3.8, 4) is 0 Å². The molecule has 1 aromatic rings. The van der Waals surface area contributed by atoms with Gasteiger partial charge in [-0.3, -0.25) is 0 Å². The summed E-state index contributed by atoms with van der Waals surface area (Å²) in [6.07, 6.45) is 5.58. The van der Waals surface area contributed by atoms with E-state index in [1.54, 1.807) is 0 Å². The largest absolute Gasteiger partial charge is 0.388 e. The van der Waals surface area contributed by atoms with Crippen LogP contribution in [-0.4, -0.2) is 47.7 Å². The molecule has 0 bridgehead atoms. The fourth-order valence-corrected chi connectivity index (χ4v) is 3.51. The molecule has 1 aliphatic heterocycles. The Morgan fingerprint density at radius 2 is 2.00 bits per heavy atom. The van der Waals surface area contributed by atoms with Crippen molar-refractivity contribution in [1.29, 1.82) is 0 Å². The molecular weight excluding hydrogens is 308 g/mol. The molecule has 23 heavy (non-hydrogen) atoms. The van der Waals surface area contributed by atoms with Crippen LogP contribution in [0, 0.1) is 5.92 Å². The zero-order chi connectivity index (χ0) is 16.5. The van der Waals surface area contributed by atoms with E-state index in [1.165, 1.54) is 0 Å². The maximum Gasteiger partial charge on any atom is 0.317 e. The highest BCUT2D eigenvalue weighted by Gasteiger charge is 2.27. The minimum absolute atomic E-state index is 0.0433. The van der Waals surface area contributed by atoms with Gasteiger partial charge in [0.15, 0.2) is 0 Å². The number of carbonyl (C=O) groups excluding carboxylic acids is 1. The van der Waals surface area contributed by atoms with Crippen LogP contribution in [0.2, 0.25) is 0 Å². The number of nitrogens with zero attached hydrogens (tertiary/aromatic N) is 1. The summed E-state index contributed by atoms with van der Waals surface area (Å²) in [6.45, 7) is 2.21. The Morgan fingerprint density at radius 1 is 1.30 bits per heavy atom. The molecular formula is C18H28N2O2S. The number of hydrogen-bond donors (Lipinski definition) is 2. The van der Waals surface area contributed by atoms with Gasteiger partial charge in [-0.25, -0.2) is 4.79 Å². The van der Waals surface area contributed by atoms with Crippen molar-refractivity contribution in [3.05, 3.63) is 35.9 Å². The van der Waals surface area contributed by atoms with E-state index in [0.717, 1.165) is 56.6 Å². The second-order valence-corrected chi connectivity index (χ2v) is 7.10. The van der Waals surface area contributed by atoms with Crippen LogP contribution in [0.4, 0.5) is 4.79 Å². The molecule has 128 valence electrons. The zero-order valence-corrected chi connectivity index (χ0v) is 14.7. The Bertz CT molecular complexity index is 461. The van der Waals surface area contributed by atoms with E-state index in [4.69, 9.17) is 0 Å². The number of nitrogens with one attached hydrogen (secondary N) is 1. The third-order valence-electron chi connectivity index (χ3n) is 4.47. The number of benzene rings is 1. The molecule has 1 unspecified atom stereocenters. The van der Waals surface area contributed by atoms with E-state index in [2.05, 4.69) is 11.6 Å². The number of carbonyl (C=O) groups is 1. The lowest BCUT2D eigenvalue weighted by Crippen LogP contribution is -2.45. The van der Waals surface area contributed by atoms with Crippen LogP contribution < -0.4 is 5.32 Å². The number of thioether (sulfide) groups is 1. The molecule has 4 nitrogen and oxygen atoms in total. The molecule has 1 aliphatic rings. The van der Waals surface area contributed by atoms with E-state index in [0.29, 0.717) is 0 Å². The second kappa shape index (κ2) is 9.83. The van der Waals surface area contributed by atoms with E-state index in [9.17, 15) is 9.90 Å². The van der Waals surface area contributed by atoms with Gasteiger partial charge in [-0.05, 0) is 49.2 Å². The number of amides is 2. The molecule has 1 atom stereocenters. The summed E-state index contributed by atoms with van der Waals surface area (Å²) in [5.74, 6) is 1.39. The average Bonchev–Trinajstić information content (AvgIpc) is 2.61. The number of piperidine rings is 1. The Hall–Kier alpha value is -1.20. The smallest absolute Gasteiger partial charge is 0.317 e. The molecule has 0 aromatic heterocycles. The first-order chi connectivity index (χ1) is 11.2. The molecule has 0 aliphatic carbocycles. The van der Waals surface area contributed by atoms with Crippen molar-refractivity contribution < 1.29 is 9.90 Å². The third-order valence-corrected chi connectivity index (χ3v) is 5.16. The Kier molecular flexibility index (Phi) is 7.76. The van der Waals surface area contributed by atoms with Gasteiger partial charge >= 0.3 is 6.03 Å². The number of likely N-dealkylation sites (tertiary alicyclic amines) is 1. The molecule has 2 N–H and O–H groups in total. The van der Waals surface area contributed by atoms with Gasteiger partial charge < -0.3 is 15.3 Å². The van der Waals surface area contributed by atoms with Crippen LogP contribution in [0.5, 0.6) is 0 Å². The van der Waals surface area contributed by atoms with E-state index in [-0.39, 0.29) is 11.9 Å². The fourth-order valence-electron chi connectivity index (χ4n) is 3.02. The van der Waals surface area contributed by atoms with Gasteiger partial charge in [-0.1, -0.05) is 30.3 Å². The highest BCUT2D eigenvalue weighted by molar-refractivity contribution is 7.98. The number of hydrogen-bond acceptors (Lipinski definition) is 3. The van der Waals surface area contributed by atoms with E-state index in [1.807, 2.05) is 47.0 Å². The van der Waals surface area contributed by atoms with Crippen LogP contribution in [-0.2, 0) is 0 Å². The molecule has 2 rings (SSSR count). The lowest BCUT2D eigenvalue weighted by Gasteiger charge is -2.34. The molecule has 0 radical (unpaired) electrons. The molecule has 1 saturated heterocycles. The highest BCUT2D eigenvalue weighted by Crippen LogP contribution is 2.30. The SMILES string of the molecule is CSCCCCNC(=O)N1CCC(C(O)c2ccccc2)CC1. The number of urea groups is 1. The van der Waals surface area contributed by atoms with E-state index < -0.39 is 6.10 Å². The van der Waals surface area contributed by atoms with Crippen LogP contribution in [0.15, 0.2) is 30.3 Å². The molecule has 1 heterocycles. The molecule has 1 fully saturated rings. The first-order valence-electron chi connectivity index (χ1n) is 8.47. The van der Waals surface area contributed by atoms with E-state index >= 15 is 0 Å². The molecule has 1 aromatic carbocycles. The number of unbranched alkanes of at least 4 members (excludes halogenated alkanes) is 1. The minimum Gasteiger partial charge on any atom is -0.388 e. The quantitative estimate of drug-likeness (QED) is 0.751. The molecule has 2 amide bonds. The summed E-state index contributed by atoms with van der Waals surface area (Å²) in [5.41, 5.74) is 0.976. The van der Waals surface area contributed by atoms with Gasteiger partial charge in [0, 0.05) is 19.6 Å². The topological polar surface area (TPSA) is 52.6 Å². The maximum atomic E-state index is 12.1. The predicted octanol–water partition coefficient (Wildman–Crippen LogP) is 3.28. The standard InChI is InChI=1S/C18H28N2O2S/c1-23-14-6-5-11-19-18(22)20-12-9-16(10-13-20)17(21)15-7-3-2-4-8-15/h2-4,7-8,16-17,21H,5-6,9-14H2,1H3,(H,19,22). The molecule has 0 spiro atoms. The zero-order valence-electron chi connectivity index (χ0n) is 13.9. The van der Waals surface area contributed by atoms with Gasteiger partial charge in [-0.2, -0.15) is 11.8 Å². The predicted molar refractivity (Wildman–Crippen MR) is 96.7 cm³/mol. The summed E-state index contributed by atoms with van der Waals surface area (Å²) in [6, 6.07) is 9.86. The Morgan fingerprint density at radius 3 is 2.65 bits per heavy atom. The summed E-state index contributed by atoms with van der Waals surface area (Å²) < 4.78 is 0. The number of aliphatic hydroxyl groups excluding tert-OH is 1. The van der Waals surface area contributed by atoms with Crippen LogP contribution in [0.25, 0.3) is 0 Å². The van der Waals surface area contributed by atoms with Gasteiger partial charge in [0.2, 0.25) is 0 Å². The average molecular weight is 337 g/mol. The normalized spacial score (nSPS) is 17.0. The van der Waals surface area contributed by atoms with Gasteiger partial charge in [0.1, 0.15) is 0 Å². The monoisotopic (exact) mass is 336 g/mol. The summed E-state index contributed by atoms with van der Waals surface area (Å²) >= 11 is 1.84. The van der Waals surface area contributed by atoms with Gasteiger partial charge in [0.05, 0.1) is 6.10 Å². The van der Waals surface area contributed by atoms with Crippen LogP contribution >= 0.6 is 11.8 Å². The van der Waals surface area contributed by atoms with Crippen molar-refractivity contribution >= 4 is 17.8 Å². The summed E-state index contributed by atoms with van der Waals surface area (Å²) in [4.78, 5) is 14.0. The number of aliphatic hydroxyl groups is 1. The Labute approximate surface area is 143 Å². The van der Waals surface area contributed by atoms with Crippen molar-refractivity contribution in [2.45, 2.75) is 31.8 Å². The molecule has 5 heteroatoms. The van der Waals surface area contributed by atoms with Gasteiger partial charge in [0.25, 0.3) is 0 Å². The lowest BCUT2D eigenvalue weighted by atomic mass is 9.87. The van der Waals surface area contributed by atoms with Gasteiger partial charge in [-0.15, -0.1) is 0 Å². The highest BCUT2D eigenvalue weighted by atomic mass is 32.2. The fraction of sp³-hybridized carbons (Fsp3) is 0.611. The van der Waals surface area contributed by atoms with Crippen molar-refractivity contribution in [1.82, 2.24) is 10.2 Å². The Balaban J connectivity index is 1.70. The van der Waals surface area contributed by atoms with Crippen molar-refractivity contribution in [3.63, 3.8) is 0 Å². The third kappa shape index (κ3) is 5.74. The first kappa shape index (κ1) is 18.1. The maximum absolute atomic E-state index is 12.1. The summed E-state index contributed by atoms with van der Waals surface area (Å²) in [5, 5.41) is 13.5. The lowest BCUT2D eigenvalue weighted by molar-refractivity contribution is 0.0665. The van der Waals surface area contributed by atoms with Crippen LogP contribution in [0.3, 0.4) is 0 Å². The number of rotatable bonds is 7. The second-order valence-electron chi connectivity index (χ2n) is 6.11. The van der Waals surface area contributed by atoms with Crippen molar-refractivity contribution in [2.75, 3.05) is 31.6 Å². The van der Waals surface area contributed by atoms with Crippen molar-refractivity contribution in [2.24, 2.45) is 5.92 Å². The molecule has 0 saturated carbocycles. The van der Waals surface area contributed by atoms with Crippen LogP contribution in [0.1, 0.15) is 37.4 Å².